The SMILES string of the molecule is CCC(=O)O[C@@]1(C(=O)CCl)CC[C@H]2[C@@H]3C=CC4=CC(=O)CC[C@]4(C)[C@H]3[C@@H](O)C[C@@]21C. The molecule has 0 aromatic heterocycles. The van der Waals surface area contributed by atoms with Crippen LogP contribution in [0, 0.1) is 28.6 Å². The fraction of sp³-hybridized carbons (Fsp3) is 0.708. The average molecular weight is 435 g/mol. The third kappa shape index (κ3) is 2.81. The van der Waals surface area contributed by atoms with Crippen LogP contribution >= 0.6 is 11.6 Å². The van der Waals surface area contributed by atoms with Gasteiger partial charge in [0.1, 0.15) is 0 Å². The summed E-state index contributed by atoms with van der Waals surface area (Å²) in [6.45, 7) is 5.86. The first-order valence-corrected chi connectivity index (χ1v) is 11.6. The van der Waals surface area contributed by atoms with E-state index < -0.39 is 23.1 Å². The molecule has 30 heavy (non-hydrogen) atoms. The van der Waals surface area contributed by atoms with E-state index >= 15 is 0 Å². The maximum absolute atomic E-state index is 13.1. The summed E-state index contributed by atoms with van der Waals surface area (Å²) in [5.41, 5.74) is -1.24. The fourth-order valence-electron chi connectivity index (χ4n) is 7.17. The minimum absolute atomic E-state index is 0.0243. The Morgan fingerprint density at radius 2 is 2.03 bits per heavy atom. The molecule has 0 bridgehead atoms. The van der Waals surface area contributed by atoms with Crippen molar-refractivity contribution in [2.45, 2.75) is 71.0 Å². The van der Waals surface area contributed by atoms with Gasteiger partial charge in [-0.05, 0) is 54.6 Å². The van der Waals surface area contributed by atoms with E-state index in [0.717, 1.165) is 18.4 Å². The monoisotopic (exact) mass is 434 g/mol. The highest BCUT2D eigenvalue weighted by Gasteiger charge is 2.69. The van der Waals surface area contributed by atoms with E-state index in [1.807, 2.05) is 13.0 Å². The average Bonchev–Trinajstić information content (AvgIpc) is 3.00. The van der Waals surface area contributed by atoms with Gasteiger partial charge < -0.3 is 9.84 Å². The van der Waals surface area contributed by atoms with Gasteiger partial charge in [-0.15, -0.1) is 11.6 Å². The van der Waals surface area contributed by atoms with Gasteiger partial charge in [0.2, 0.25) is 0 Å². The second-order valence-corrected chi connectivity index (χ2v) is 10.3. The third-order valence-corrected chi connectivity index (χ3v) is 8.97. The summed E-state index contributed by atoms with van der Waals surface area (Å²) in [6.07, 6.45) is 8.18. The molecule has 1 N–H and O–H groups in total. The summed E-state index contributed by atoms with van der Waals surface area (Å²) in [6, 6.07) is 0. The van der Waals surface area contributed by atoms with Gasteiger partial charge >= 0.3 is 5.97 Å². The number of aliphatic hydroxyl groups is 1. The molecule has 0 radical (unpaired) electrons. The first-order valence-electron chi connectivity index (χ1n) is 11.1. The van der Waals surface area contributed by atoms with Crippen LogP contribution in [0.5, 0.6) is 0 Å². The van der Waals surface area contributed by atoms with Gasteiger partial charge in [-0.3, -0.25) is 14.4 Å². The lowest BCUT2D eigenvalue weighted by Gasteiger charge is -2.59. The summed E-state index contributed by atoms with van der Waals surface area (Å²) >= 11 is 5.99. The van der Waals surface area contributed by atoms with Crippen molar-refractivity contribution in [2.24, 2.45) is 28.6 Å². The smallest absolute Gasteiger partial charge is 0.306 e. The van der Waals surface area contributed by atoms with Gasteiger partial charge in [-0.1, -0.05) is 32.9 Å². The number of carbonyl (C=O) groups excluding carboxylic acids is 3. The van der Waals surface area contributed by atoms with Crippen LogP contribution in [0.3, 0.4) is 0 Å². The van der Waals surface area contributed by atoms with Crippen LogP contribution in [0.1, 0.15) is 59.3 Å². The van der Waals surface area contributed by atoms with Crippen molar-refractivity contribution in [2.75, 3.05) is 5.88 Å². The number of carbonyl (C=O) groups is 3. The summed E-state index contributed by atoms with van der Waals surface area (Å²) in [7, 11) is 0. The zero-order valence-corrected chi connectivity index (χ0v) is 18.7. The van der Waals surface area contributed by atoms with Crippen LogP contribution in [0.15, 0.2) is 23.8 Å². The molecule has 0 heterocycles. The van der Waals surface area contributed by atoms with E-state index in [1.54, 1.807) is 13.0 Å². The van der Waals surface area contributed by atoms with E-state index in [9.17, 15) is 19.5 Å². The van der Waals surface area contributed by atoms with E-state index in [-0.39, 0.29) is 47.0 Å². The van der Waals surface area contributed by atoms with E-state index in [2.05, 4.69) is 13.0 Å². The Kier molecular flexibility index (Phi) is 5.30. The zero-order valence-electron chi connectivity index (χ0n) is 17.9. The van der Waals surface area contributed by atoms with Crippen molar-refractivity contribution in [3.05, 3.63) is 23.8 Å². The predicted octanol–water partition coefficient (Wildman–Crippen LogP) is 3.77. The zero-order chi connectivity index (χ0) is 21.9. The Morgan fingerprint density at radius 3 is 2.70 bits per heavy atom. The molecule has 4 rings (SSSR count). The van der Waals surface area contributed by atoms with Crippen LogP contribution in [-0.2, 0) is 19.1 Å². The third-order valence-electron chi connectivity index (χ3n) is 8.72. The van der Waals surface area contributed by atoms with Gasteiger partial charge in [-0.25, -0.2) is 0 Å². The molecule has 0 unspecified atom stereocenters. The van der Waals surface area contributed by atoms with Crippen LogP contribution < -0.4 is 0 Å². The number of hydrogen-bond donors (Lipinski definition) is 1. The molecule has 0 spiro atoms. The van der Waals surface area contributed by atoms with E-state index in [1.165, 1.54) is 0 Å². The van der Waals surface area contributed by atoms with Crippen LogP contribution in [-0.4, -0.2) is 40.2 Å². The van der Waals surface area contributed by atoms with Crippen molar-refractivity contribution >= 4 is 29.1 Å². The largest absolute Gasteiger partial charge is 0.450 e. The molecule has 0 aliphatic heterocycles. The van der Waals surface area contributed by atoms with Gasteiger partial charge in [0.05, 0.1) is 12.0 Å². The molecular formula is C24H31ClO5. The quantitative estimate of drug-likeness (QED) is 0.538. The lowest BCUT2D eigenvalue weighted by atomic mass is 9.47. The number of alkyl halides is 1. The molecule has 0 amide bonds. The molecule has 0 aromatic rings. The van der Waals surface area contributed by atoms with E-state index in [0.29, 0.717) is 19.3 Å². The molecule has 2 fully saturated rings. The van der Waals surface area contributed by atoms with Crippen molar-refractivity contribution in [1.82, 2.24) is 0 Å². The summed E-state index contributed by atoms with van der Waals surface area (Å²) < 4.78 is 5.88. The number of fused-ring (bicyclic) bond motifs is 5. The molecular weight excluding hydrogens is 404 g/mol. The Bertz CT molecular complexity index is 847. The number of esters is 1. The topological polar surface area (TPSA) is 80.7 Å². The second-order valence-electron chi connectivity index (χ2n) is 9.99. The van der Waals surface area contributed by atoms with Crippen LogP contribution in [0.4, 0.5) is 0 Å². The lowest BCUT2D eigenvalue weighted by molar-refractivity contribution is -0.195. The molecule has 0 aromatic carbocycles. The number of allylic oxidation sites excluding steroid dienone is 4. The Labute approximate surface area is 182 Å². The standard InChI is InChI=1S/C24H31ClO5/c1-4-20(29)30-24(19(28)13-25)10-8-17-16-6-5-14-11-15(26)7-9-22(14,2)21(16)18(27)12-23(17,24)3/h5-6,11,16-18,21,27H,4,7-10,12-13H2,1-3H3/t16-,17-,18-,21+,22-,23-,24+/m0/s1. The Hall–Kier alpha value is -1.46. The predicted molar refractivity (Wildman–Crippen MR) is 113 cm³/mol. The molecule has 5 nitrogen and oxygen atoms in total. The molecule has 2 saturated carbocycles. The Morgan fingerprint density at radius 1 is 1.30 bits per heavy atom. The number of ether oxygens (including phenoxy) is 1. The van der Waals surface area contributed by atoms with Crippen molar-refractivity contribution in [3.8, 4) is 0 Å². The maximum atomic E-state index is 13.1. The highest BCUT2D eigenvalue weighted by Crippen LogP contribution is 2.67. The fourth-order valence-corrected chi connectivity index (χ4v) is 7.39. The van der Waals surface area contributed by atoms with Crippen LogP contribution in [0.25, 0.3) is 0 Å². The van der Waals surface area contributed by atoms with Gasteiger partial charge in [0, 0.05) is 24.2 Å². The second kappa shape index (κ2) is 7.30. The number of ketones is 2. The van der Waals surface area contributed by atoms with Crippen molar-refractivity contribution in [1.29, 1.82) is 0 Å². The number of Topliss-reactive ketones (excluding diaryl/α,β-unsaturated/α-hetero) is 1. The minimum atomic E-state index is -1.29. The highest BCUT2D eigenvalue weighted by molar-refractivity contribution is 6.29. The number of aliphatic hydroxyl groups excluding tert-OH is 1. The molecule has 0 saturated heterocycles. The normalized spacial score (nSPS) is 44.6. The maximum Gasteiger partial charge on any atom is 0.306 e. The number of hydrogen-bond acceptors (Lipinski definition) is 5. The highest BCUT2D eigenvalue weighted by atomic mass is 35.5. The van der Waals surface area contributed by atoms with Gasteiger partial charge in [0.15, 0.2) is 17.2 Å². The molecule has 4 aliphatic carbocycles. The molecule has 7 atom stereocenters. The summed E-state index contributed by atoms with van der Waals surface area (Å²) in [4.78, 5) is 37.4. The van der Waals surface area contributed by atoms with Crippen LogP contribution in [0.2, 0.25) is 0 Å². The van der Waals surface area contributed by atoms with E-state index in [4.69, 9.17) is 16.3 Å². The Balaban J connectivity index is 1.79. The molecule has 6 heteroatoms. The lowest BCUT2D eigenvalue weighted by Crippen LogP contribution is -2.62. The number of rotatable bonds is 4. The number of halogens is 1. The minimum Gasteiger partial charge on any atom is -0.450 e. The molecule has 164 valence electrons. The van der Waals surface area contributed by atoms with Crippen molar-refractivity contribution in [3.63, 3.8) is 0 Å². The van der Waals surface area contributed by atoms with Gasteiger partial charge in [-0.2, -0.15) is 0 Å². The van der Waals surface area contributed by atoms with Crippen molar-refractivity contribution < 1.29 is 24.2 Å². The summed E-state index contributed by atoms with van der Waals surface area (Å²) in [5.74, 6) is -0.630. The molecule has 4 aliphatic rings. The summed E-state index contributed by atoms with van der Waals surface area (Å²) in [5, 5.41) is 11.4. The first kappa shape index (κ1) is 21.8. The first-order chi connectivity index (χ1) is 14.1. The van der Waals surface area contributed by atoms with Gasteiger partial charge in [0.25, 0.3) is 0 Å².